The lowest BCUT2D eigenvalue weighted by Crippen LogP contribution is -2.27. The van der Waals surface area contributed by atoms with Crippen LogP contribution in [0.25, 0.3) is 0 Å². The molecule has 0 radical (unpaired) electrons. The number of carbonyl (C=O) groups is 2. The van der Waals surface area contributed by atoms with Crippen LogP contribution >= 0.6 is 0 Å². The number of nitrogens with zero attached hydrogens (tertiary/aromatic N) is 1. The number of allylic oxidation sites excluding steroid dienone is 2. The standard InChI is InChI=1S/C14H12N2O6/c17-13(18)9-3-1-2-4-11(9)15-12-7-8(16(21)22)5-6-10(12)14(19)20/h2-7,11,15H,1H2,(H,17,18)(H,19,20)/t11-/m0/s1. The van der Waals surface area contributed by atoms with Crippen molar-refractivity contribution in [1.29, 1.82) is 0 Å². The van der Waals surface area contributed by atoms with Gasteiger partial charge in [0.05, 0.1) is 27.8 Å². The quantitative estimate of drug-likeness (QED) is 0.431. The molecule has 0 saturated heterocycles. The number of hydrogen-bond donors (Lipinski definition) is 3. The molecule has 22 heavy (non-hydrogen) atoms. The van der Waals surface area contributed by atoms with Gasteiger partial charge >= 0.3 is 11.9 Å². The van der Waals surface area contributed by atoms with E-state index >= 15 is 0 Å². The number of anilines is 1. The summed E-state index contributed by atoms with van der Waals surface area (Å²) in [5.41, 5.74) is -0.404. The van der Waals surface area contributed by atoms with Crippen LogP contribution in [0.3, 0.4) is 0 Å². The first-order chi connectivity index (χ1) is 10.4. The van der Waals surface area contributed by atoms with Crippen molar-refractivity contribution in [2.75, 3.05) is 5.32 Å². The van der Waals surface area contributed by atoms with Gasteiger partial charge in [-0.3, -0.25) is 10.1 Å². The van der Waals surface area contributed by atoms with Crippen molar-refractivity contribution in [2.24, 2.45) is 0 Å². The fourth-order valence-electron chi connectivity index (χ4n) is 2.11. The van der Waals surface area contributed by atoms with Gasteiger partial charge in [-0.25, -0.2) is 9.59 Å². The molecule has 0 aliphatic heterocycles. The summed E-state index contributed by atoms with van der Waals surface area (Å²) in [7, 11) is 0. The number of aromatic carboxylic acids is 1. The zero-order valence-electron chi connectivity index (χ0n) is 11.2. The molecule has 0 amide bonds. The minimum Gasteiger partial charge on any atom is -0.478 e. The van der Waals surface area contributed by atoms with E-state index in [9.17, 15) is 19.7 Å². The number of non-ortho nitro benzene ring substituents is 1. The first kappa shape index (κ1) is 15.2. The second kappa shape index (κ2) is 6.08. The van der Waals surface area contributed by atoms with E-state index in [0.717, 1.165) is 18.2 Å². The molecule has 0 unspecified atom stereocenters. The molecule has 8 nitrogen and oxygen atoms in total. The number of hydrogen-bond acceptors (Lipinski definition) is 5. The van der Waals surface area contributed by atoms with E-state index in [0.29, 0.717) is 6.42 Å². The third kappa shape index (κ3) is 3.11. The Morgan fingerprint density at radius 1 is 1.27 bits per heavy atom. The van der Waals surface area contributed by atoms with E-state index < -0.39 is 22.9 Å². The van der Waals surface area contributed by atoms with Gasteiger partial charge in [0.1, 0.15) is 0 Å². The van der Waals surface area contributed by atoms with Crippen LogP contribution in [0.5, 0.6) is 0 Å². The largest absolute Gasteiger partial charge is 0.478 e. The van der Waals surface area contributed by atoms with Crippen molar-refractivity contribution >= 4 is 23.3 Å². The highest BCUT2D eigenvalue weighted by atomic mass is 16.6. The van der Waals surface area contributed by atoms with Crippen molar-refractivity contribution in [3.63, 3.8) is 0 Å². The van der Waals surface area contributed by atoms with Crippen molar-refractivity contribution < 1.29 is 24.7 Å². The highest BCUT2D eigenvalue weighted by molar-refractivity contribution is 5.96. The van der Waals surface area contributed by atoms with Crippen LogP contribution in [-0.2, 0) is 4.79 Å². The molecule has 3 N–H and O–H groups in total. The van der Waals surface area contributed by atoms with Crippen LogP contribution in [0.2, 0.25) is 0 Å². The Labute approximate surface area is 124 Å². The Morgan fingerprint density at radius 2 is 2.00 bits per heavy atom. The maximum Gasteiger partial charge on any atom is 0.337 e. The van der Waals surface area contributed by atoms with Crippen molar-refractivity contribution in [1.82, 2.24) is 0 Å². The zero-order chi connectivity index (χ0) is 16.3. The molecular formula is C14H12N2O6. The lowest BCUT2D eigenvalue weighted by Gasteiger charge is -2.20. The molecule has 1 atom stereocenters. The van der Waals surface area contributed by atoms with Gasteiger partial charge in [-0.2, -0.15) is 0 Å². The van der Waals surface area contributed by atoms with Crippen LogP contribution < -0.4 is 5.32 Å². The molecule has 0 saturated carbocycles. The van der Waals surface area contributed by atoms with Crippen molar-refractivity contribution in [2.45, 2.75) is 12.5 Å². The molecule has 1 aliphatic rings. The Hall–Kier alpha value is -3.16. The number of nitro benzene ring substituents is 1. The zero-order valence-corrected chi connectivity index (χ0v) is 11.2. The number of nitro groups is 1. The van der Waals surface area contributed by atoms with E-state index in [4.69, 9.17) is 10.2 Å². The molecule has 1 aromatic carbocycles. The molecule has 0 aromatic heterocycles. The van der Waals surface area contributed by atoms with Gasteiger partial charge in [-0.15, -0.1) is 0 Å². The average molecular weight is 304 g/mol. The van der Waals surface area contributed by atoms with Crippen LogP contribution in [-0.4, -0.2) is 33.1 Å². The van der Waals surface area contributed by atoms with E-state index in [1.54, 1.807) is 12.2 Å². The third-order valence-electron chi connectivity index (χ3n) is 3.14. The molecule has 0 spiro atoms. The van der Waals surface area contributed by atoms with Gasteiger partial charge in [0.15, 0.2) is 0 Å². The van der Waals surface area contributed by atoms with Gasteiger partial charge in [0.2, 0.25) is 0 Å². The van der Waals surface area contributed by atoms with E-state index in [1.807, 2.05) is 0 Å². The summed E-state index contributed by atoms with van der Waals surface area (Å²) in [6.07, 6.45) is 5.26. The monoisotopic (exact) mass is 304 g/mol. The van der Waals surface area contributed by atoms with Gasteiger partial charge in [0.25, 0.3) is 5.69 Å². The van der Waals surface area contributed by atoms with Gasteiger partial charge < -0.3 is 15.5 Å². The molecule has 8 heteroatoms. The smallest absolute Gasteiger partial charge is 0.337 e. The second-order valence-corrected chi connectivity index (χ2v) is 4.54. The van der Waals surface area contributed by atoms with E-state index in [2.05, 4.69) is 5.32 Å². The summed E-state index contributed by atoms with van der Waals surface area (Å²) in [4.78, 5) is 32.5. The van der Waals surface area contributed by atoms with Crippen LogP contribution in [0.15, 0.2) is 42.0 Å². The maximum absolute atomic E-state index is 11.2. The Morgan fingerprint density at radius 3 is 2.59 bits per heavy atom. The molecular weight excluding hydrogens is 292 g/mol. The fraction of sp³-hybridized carbons (Fsp3) is 0.143. The van der Waals surface area contributed by atoms with Crippen LogP contribution in [0.4, 0.5) is 11.4 Å². The first-order valence-corrected chi connectivity index (χ1v) is 6.28. The van der Waals surface area contributed by atoms with Crippen molar-refractivity contribution in [3.8, 4) is 0 Å². The first-order valence-electron chi connectivity index (χ1n) is 6.28. The topological polar surface area (TPSA) is 130 Å². The molecule has 1 aromatic rings. The number of aliphatic carboxylic acids is 1. The number of benzene rings is 1. The highest BCUT2D eigenvalue weighted by Crippen LogP contribution is 2.26. The fourth-order valence-corrected chi connectivity index (χ4v) is 2.11. The number of nitrogens with one attached hydrogen (secondary N) is 1. The van der Waals surface area contributed by atoms with Gasteiger partial charge in [-0.1, -0.05) is 18.2 Å². The highest BCUT2D eigenvalue weighted by Gasteiger charge is 2.23. The minimum atomic E-state index is -1.27. The molecule has 0 fully saturated rings. The second-order valence-electron chi connectivity index (χ2n) is 4.54. The third-order valence-corrected chi connectivity index (χ3v) is 3.14. The predicted octanol–water partition coefficient (Wildman–Crippen LogP) is 2.04. The van der Waals surface area contributed by atoms with Gasteiger partial charge in [0, 0.05) is 12.1 Å². The van der Waals surface area contributed by atoms with E-state index in [1.165, 1.54) is 6.08 Å². The molecule has 0 bridgehead atoms. The number of carboxylic acids is 2. The normalized spacial score (nSPS) is 16.7. The summed E-state index contributed by atoms with van der Waals surface area (Å²) in [6.45, 7) is 0. The van der Waals surface area contributed by atoms with Gasteiger partial charge in [-0.05, 0) is 12.5 Å². The Bertz CT molecular complexity index is 707. The average Bonchev–Trinajstić information content (AvgIpc) is 2.47. The minimum absolute atomic E-state index is 0.00889. The summed E-state index contributed by atoms with van der Waals surface area (Å²) in [5.74, 6) is -2.40. The summed E-state index contributed by atoms with van der Waals surface area (Å²) in [5, 5.41) is 31.8. The van der Waals surface area contributed by atoms with E-state index in [-0.39, 0.29) is 22.5 Å². The SMILES string of the molecule is O=C(O)C1=CCC=C[C@@H]1Nc1cc([N+](=O)[O-])ccc1C(=O)O. The van der Waals surface area contributed by atoms with Crippen LogP contribution in [0, 0.1) is 10.1 Å². The molecule has 1 aliphatic carbocycles. The molecule has 114 valence electrons. The lowest BCUT2D eigenvalue weighted by molar-refractivity contribution is -0.384. The predicted molar refractivity (Wildman–Crippen MR) is 76.9 cm³/mol. The number of carboxylic acid groups (broad SMARTS) is 2. The van der Waals surface area contributed by atoms with Crippen molar-refractivity contribution in [3.05, 3.63) is 57.7 Å². The summed E-state index contributed by atoms with van der Waals surface area (Å²) < 4.78 is 0. The summed E-state index contributed by atoms with van der Waals surface area (Å²) in [6, 6.07) is 2.51. The maximum atomic E-state index is 11.2. The van der Waals surface area contributed by atoms with Crippen LogP contribution in [0.1, 0.15) is 16.8 Å². The molecule has 2 rings (SSSR count). The number of rotatable bonds is 5. The Balaban J connectivity index is 2.40. The molecule has 0 heterocycles. The Kier molecular flexibility index (Phi) is 4.21. The lowest BCUT2D eigenvalue weighted by atomic mass is 9.99. The summed E-state index contributed by atoms with van der Waals surface area (Å²) >= 11 is 0.